The zero-order valence-electron chi connectivity index (χ0n) is 12.7. The van der Waals surface area contributed by atoms with Gasteiger partial charge in [0.15, 0.2) is 5.82 Å². The van der Waals surface area contributed by atoms with Crippen LogP contribution >= 0.6 is 24.0 Å². The number of hydrogen-bond donors (Lipinski definition) is 2. The molecule has 24 heavy (non-hydrogen) atoms. The van der Waals surface area contributed by atoms with Crippen LogP contribution in [0, 0.1) is 0 Å². The number of thiazole rings is 1. The number of nitrogens with zero attached hydrogens (tertiary/aromatic N) is 3. The Labute approximate surface area is 149 Å². The van der Waals surface area contributed by atoms with E-state index in [9.17, 15) is 0 Å². The molecule has 0 saturated carbocycles. The number of nitrogens with one attached hydrogen (secondary N) is 1. The molecule has 1 N–H and O–H groups in total. The monoisotopic (exact) mass is 350 g/mol. The fourth-order valence-electron chi connectivity index (χ4n) is 2.42. The van der Waals surface area contributed by atoms with Gasteiger partial charge in [0.1, 0.15) is 16.7 Å². The maximum absolute atomic E-state index is 4.74. The van der Waals surface area contributed by atoms with Gasteiger partial charge in [-0.3, -0.25) is 0 Å². The van der Waals surface area contributed by atoms with Crippen LogP contribution in [0.3, 0.4) is 0 Å². The Balaban J connectivity index is 1.65. The molecule has 0 atom stereocenters. The summed E-state index contributed by atoms with van der Waals surface area (Å²) in [6.07, 6.45) is 2.37. The topological polar surface area (TPSA) is 50.7 Å². The Bertz CT molecular complexity index is 965. The van der Waals surface area contributed by atoms with Gasteiger partial charge in [0.25, 0.3) is 0 Å². The first kappa shape index (κ1) is 15.1. The van der Waals surface area contributed by atoms with E-state index < -0.39 is 0 Å². The van der Waals surface area contributed by atoms with E-state index in [0.29, 0.717) is 0 Å². The lowest BCUT2D eigenvalue weighted by atomic mass is 10.2. The quantitative estimate of drug-likeness (QED) is 0.523. The van der Waals surface area contributed by atoms with Gasteiger partial charge in [0, 0.05) is 17.0 Å². The van der Waals surface area contributed by atoms with Gasteiger partial charge in [0.05, 0.1) is 5.01 Å². The highest BCUT2D eigenvalue weighted by Gasteiger charge is 2.11. The smallest absolute Gasteiger partial charge is 0.161 e. The van der Waals surface area contributed by atoms with E-state index in [4.69, 9.17) is 4.98 Å². The van der Waals surface area contributed by atoms with Gasteiger partial charge < -0.3 is 5.32 Å². The van der Waals surface area contributed by atoms with Gasteiger partial charge in [-0.1, -0.05) is 41.7 Å². The van der Waals surface area contributed by atoms with Crippen LogP contribution in [0.15, 0.2) is 65.8 Å². The van der Waals surface area contributed by atoms with Gasteiger partial charge in [-0.05, 0) is 29.8 Å². The maximum Gasteiger partial charge on any atom is 0.161 e. The number of thiol groups is 1. The molecular formula is C18H14N4S2. The molecule has 0 radical (unpaired) electrons. The maximum atomic E-state index is 4.74. The van der Waals surface area contributed by atoms with Crippen molar-refractivity contribution in [3.05, 3.63) is 71.5 Å². The van der Waals surface area contributed by atoms with Crippen LogP contribution in [0.4, 0.5) is 11.5 Å². The van der Waals surface area contributed by atoms with Crippen LogP contribution in [0.1, 0.15) is 10.6 Å². The molecule has 118 valence electrons. The van der Waals surface area contributed by atoms with E-state index in [2.05, 4.69) is 40.0 Å². The van der Waals surface area contributed by atoms with E-state index in [-0.39, 0.29) is 0 Å². The number of anilines is 2. The van der Waals surface area contributed by atoms with Crippen LogP contribution in [0.2, 0.25) is 0 Å². The van der Waals surface area contributed by atoms with Crippen LogP contribution < -0.4 is 5.32 Å². The first-order chi connectivity index (χ1) is 11.8. The molecule has 4 rings (SSSR count). The van der Waals surface area contributed by atoms with Crippen LogP contribution in [0.5, 0.6) is 0 Å². The standard InChI is InChI=1S/C18H14N4S2/c23-14-8-6-13(7-9-14)21-17-16-18(20-11-19-17)24-15(22-16)10-12-4-2-1-3-5-12/h1-9,11,23H,10H2,(H,19,20,21). The molecule has 0 spiro atoms. The minimum atomic E-state index is 0.725. The van der Waals surface area contributed by atoms with E-state index in [1.807, 2.05) is 42.5 Å². The van der Waals surface area contributed by atoms with Gasteiger partial charge in [-0.2, -0.15) is 0 Å². The Morgan fingerprint density at radius 2 is 1.75 bits per heavy atom. The van der Waals surface area contributed by atoms with Crippen molar-refractivity contribution < 1.29 is 0 Å². The summed E-state index contributed by atoms with van der Waals surface area (Å²) in [5, 5.41) is 4.34. The van der Waals surface area contributed by atoms with Crippen molar-refractivity contribution in [2.24, 2.45) is 0 Å². The molecule has 0 bridgehead atoms. The molecule has 0 aliphatic heterocycles. The third-order valence-corrected chi connectivity index (χ3v) is 4.83. The van der Waals surface area contributed by atoms with Gasteiger partial charge in [-0.15, -0.1) is 12.6 Å². The van der Waals surface area contributed by atoms with Gasteiger partial charge >= 0.3 is 0 Å². The summed E-state index contributed by atoms with van der Waals surface area (Å²) >= 11 is 5.91. The number of rotatable bonds is 4. The summed E-state index contributed by atoms with van der Waals surface area (Å²) in [7, 11) is 0. The van der Waals surface area contributed by atoms with Crippen molar-refractivity contribution >= 4 is 45.8 Å². The normalized spacial score (nSPS) is 10.9. The highest BCUT2D eigenvalue weighted by molar-refractivity contribution is 7.80. The Morgan fingerprint density at radius 3 is 2.54 bits per heavy atom. The SMILES string of the molecule is Sc1ccc(Nc2ncnc3sc(Cc4ccccc4)nc23)cc1. The fourth-order valence-corrected chi connectivity index (χ4v) is 3.50. The number of aromatic nitrogens is 3. The van der Waals surface area contributed by atoms with Crippen molar-refractivity contribution in [3.63, 3.8) is 0 Å². The molecule has 6 heteroatoms. The van der Waals surface area contributed by atoms with Crippen molar-refractivity contribution in [2.75, 3.05) is 5.32 Å². The number of hydrogen-bond acceptors (Lipinski definition) is 6. The summed E-state index contributed by atoms with van der Waals surface area (Å²) in [5.41, 5.74) is 3.00. The summed E-state index contributed by atoms with van der Waals surface area (Å²) in [4.78, 5) is 15.3. The highest BCUT2D eigenvalue weighted by Crippen LogP contribution is 2.28. The summed E-state index contributed by atoms with van der Waals surface area (Å²) < 4.78 is 0. The van der Waals surface area contributed by atoms with Gasteiger partial charge in [-0.25, -0.2) is 15.0 Å². The first-order valence-electron chi connectivity index (χ1n) is 7.48. The predicted octanol–water partition coefficient (Wildman–Crippen LogP) is 4.71. The number of benzene rings is 2. The van der Waals surface area contributed by atoms with Crippen LogP contribution in [-0.4, -0.2) is 15.0 Å². The average Bonchev–Trinajstić information content (AvgIpc) is 3.01. The Morgan fingerprint density at radius 1 is 0.958 bits per heavy atom. The number of fused-ring (bicyclic) bond motifs is 1. The van der Waals surface area contributed by atoms with Crippen LogP contribution in [0.25, 0.3) is 10.3 Å². The first-order valence-corrected chi connectivity index (χ1v) is 8.75. The van der Waals surface area contributed by atoms with E-state index in [1.165, 1.54) is 5.56 Å². The summed E-state index contributed by atoms with van der Waals surface area (Å²) in [6.45, 7) is 0. The highest BCUT2D eigenvalue weighted by atomic mass is 32.1. The van der Waals surface area contributed by atoms with Crippen LogP contribution in [-0.2, 0) is 6.42 Å². The largest absolute Gasteiger partial charge is 0.338 e. The minimum absolute atomic E-state index is 0.725. The lowest BCUT2D eigenvalue weighted by Gasteiger charge is -2.05. The van der Waals surface area contributed by atoms with E-state index in [1.54, 1.807) is 17.7 Å². The summed E-state index contributed by atoms with van der Waals surface area (Å²) in [6, 6.07) is 18.1. The molecule has 0 amide bonds. The zero-order chi connectivity index (χ0) is 16.4. The second kappa shape index (κ2) is 6.59. The second-order valence-electron chi connectivity index (χ2n) is 5.32. The van der Waals surface area contributed by atoms with Crippen molar-refractivity contribution in [2.45, 2.75) is 11.3 Å². The second-order valence-corrected chi connectivity index (χ2v) is 6.90. The van der Waals surface area contributed by atoms with Crippen molar-refractivity contribution in [1.29, 1.82) is 0 Å². The van der Waals surface area contributed by atoms with Gasteiger partial charge in [0.2, 0.25) is 0 Å². The zero-order valence-corrected chi connectivity index (χ0v) is 14.4. The average molecular weight is 350 g/mol. The summed E-state index contributed by atoms with van der Waals surface area (Å²) in [5.74, 6) is 0.725. The fraction of sp³-hybridized carbons (Fsp3) is 0.0556. The molecule has 0 fully saturated rings. The third kappa shape index (κ3) is 3.25. The Kier molecular flexibility index (Phi) is 4.15. The molecular weight excluding hydrogens is 336 g/mol. The molecule has 0 saturated heterocycles. The van der Waals surface area contributed by atoms with E-state index in [0.717, 1.165) is 38.2 Å². The lowest BCUT2D eigenvalue weighted by Crippen LogP contribution is -1.95. The van der Waals surface area contributed by atoms with Crippen molar-refractivity contribution in [1.82, 2.24) is 15.0 Å². The van der Waals surface area contributed by atoms with Crippen molar-refractivity contribution in [3.8, 4) is 0 Å². The lowest BCUT2D eigenvalue weighted by molar-refractivity contribution is 1.14. The molecule has 0 unspecified atom stereocenters. The molecule has 0 aliphatic rings. The molecule has 2 aromatic carbocycles. The van der Waals surface area contributed by atoms with E-state index >= 15 is 0 Å². The Hall–Kier alpha value is -2.44. The molecule has 0 aliphatic carbocycles. The third-order valence-electron chi connectivity index (χ3n) is 3.57. The minimum Gasteiger partial charge on any atom is -0.338 e. The molecule has 2 heterocycles. The molecule has 4 nitrogen and oxygen atoms in total. The molecule has 2 aromatic heterocycles. The predicted molar refractivity (Wildman–Crippen MR) is 101 cm³/mol. The molecule has 4 aromatic rings.